The van der Waals surface area contributed by atoms with Gasteiger partial charge < -0.3 is 0 Å². The van der Waals surface area contributed by atoms with Crippen LogP contribution in [-0.2, 0) is 19.5 Å². The van der Waals surface area contributed by atoms with Crippen molar-refractivity contribution in [1.82, 2.24) is 4.57 Å². The van der Waals surface area contributed by atoms with E-state index in [-0.39, 0.29) is 0 Å². The average Bonchev–Trinajstić information content (AvgIpc) is 3.29. The van der Waals surface area contributed by atoms with Crippen molar-refractivity contribution in [2.75, 3.05) is 0 Å². The highest BCUT2D eigenvalue weighted by atomic mass is 15.1. The van der Waals surface area contributed by atoms with Gasteiger partial charge in [0.25, 0.3) is 5.82 Å². The number of nitrogens with zero attached hydrogens (tertiary/aromatic N) is 2. The zero-order chi connectivity index (χ0) is 26.7. The van der Waals surface area contributed by atoms with Crippen molar-refractivity contribution in [1.29, 1.82) is 0 Å². The van der Waals surface area contributed by atoms with Crippen molar-refractivity contribution < 1.29 is 4.57 Å². The lowest BCUT2D eigenvalue weighted by Gasteiger charge is -2.07. The van der Waals surface area contributed by atoms with E-state index >= 15 is 0 Å². The summed E-state index contributed by atoms with van der Waals surface area (Å²) in [5.41, 5.74) is 0. The molecule has 0 saturated carbocycles. The average molecular weight is 518 g/mol. The van der Waals surface area contributed by atoms with Crippen LogP contribution in [0.4, 0.5) is 0 Å². The SMILES string of the molecule is CCCCCCCCCCCC[n+]1ccn(CCCCCCCCCCC)c1CCCCCCCCC. The molecule has 1 heterocycles. The van der Waals surface area contributed by atoms with Crippen molar-refractivity contribution in [3.8, 4) is 0 Å². The molecule has 0 bridgehead atoms. The molecule has 218 valence electrons. The Hall–Kier alpha value is -0.790. The van der Waals surface area contributed by atoms with E-state index in [0.29, 0.717) is 0 Å². The maximum atomic E-state index is 2.62. The molecule has 1 rings (SSSR count). The predicted molar refractivity (Wildman–Crippen MR) is 165 cm³/mol. The first-order valence-corrected chi connectivity index (χ1v) is 17.4. The van der Waals surface area contributed by atoms with E-state index in [0.717, 1.165) is 0 Å². The normalized spacial score (nSPS) is 11.5. The van der Waals surface area contributed by atoms with Gasteiger partial charge in [0.2, 0.25) is 0 Å². The van der Waals surface area contributed by atoms with E-state index in [1.807, 2.05) is 0 Å². The van der Waals surface area contributed by atoms with Gasteiger partial charge in [0.1, 0.15) is 12.4 Å². The molecule has 0 aliphatic rings. The van der Waals surface area contributed by atoms with Crippen LogP contribution in [0.5, 0.6) is 0 Å². The molecule has 0 atom stereocenters. The highest BCUT2D eigenvalue weighted by molar-refractivity contribution is 4.84. The fourth-order valence-electron chi connectivity index (χ4n) is 5.80. The van der Waals surface area contributed by atoms with E-state index in [2.05, 4.69) is 42.3 Å². The Kier molecular flexibility index (Phi) is 24.8. The Labute approximate surface area is 234 Å². The lowest BCUT2D eigenvalue weighted by molar-refractivity contribution is -0.704. The number of imidazole rings is 1. The minimum Gasteiger partial charge on any atom is -0.234 e. The highest BCUT2D eigenvalue weighted by Crippen LogP contribution is 2.14. The van der Waals surface area contributed by atoms with Gasteiger partial charge in [-0.3, -0.25) is 0 Å². The quantitative estimate of drug-likeness (QED) is 0.0737. The third kappa shape index (κ3) is 19.9. The molecule has 0 unspecified atom stereocenters. The van der Waals surface area contributed by atoms with Crippen LogP contribution in [0, 0.1) is 0 Å². The minimum absolute atomic E-state index is 1.23. The molecule has 0 aromatic carbocycles. The summed E-state index contributed by atoms with van der Waals surface area (Å²) in [4.78, 5) is 0. The molecule has 2 heteroatoms. The van der Waals surface area contributed by atoms with Gasteiger partial charge >= 0.3 is 0 Å². The topological polar surface area (TPSA) is 8.81 Å². The minimum atomic E-state index is 1.23. The number of hydrogen-bond donors (Lipinski definition) is 0. The molecule has 0 amide bonds. The molecule has 0 saturated heterocycles. The molecule has 1 aromatic rings. The first-order valence-electron chi connectivity index (χ1n) is 17.4. The van der Waals surface area contributed by atoms with Crippen LogP contribution in [0.3, 0.4) is 0 Å². The van der Waals surface area contributed by atoms with Crippen molar-refractivity contribution in [3.63, 3.8) is 0 Å². The maximum absolute atomic E-state index is 2.62. The fourth-order valence-corrected chi connectivity index (χ4v) is 5.80. The monoisotopic (exact) mass is 518 g/mol. The summed E-state index contributed by atoms with van der Waals surface area (Å²) in [5, 5.41) is 0. The second-order valence-electron chi connectivity index (χ2n) is 12.0. The summed E-state index contributed by atoms with van der Waals surface area (Å²) in [6.45, 7) is 9.39. The largest absolute Gasteiger partial charge is 0.256 e. The van der Waals surface area contributed by atoms with Crippen LogP contribution in [0.2, 0.25) is 0 Å². The molecule has 0 spiro atoms. The summed E-state index contributed by atoms with van der Waals surface area (Å²) in [7, 11) is 0. The van der Waals surface area contributed by atoms with Crippen LogP contribution in [0.1, 0.15) is 194 Å². The lowest BCUT2D eigenvalue weighted by atomic mass is 10.1. The third-order valence-electron chi connectivity index (χ3n) is 8.35. The summed E-state index contributed by atoms with van der Waals surface area (Å²) < 4.78 is 5.24. The van der Waals surface area contributed by atoms with Gasteiger partial charge in [-0.15, -0.1) is 0 Å². The molecule has 0 fully saturated rings. The molecule has 0 radical (unpaired) electrons. The van der Waals surface area contributed by atoms with E-state index < -0.39 is 0 Å². The first-order chi connectivity index (χ1) is 18.3. The molecule has 2 nitrogen and oxygen atoms in total. The van der Waals surface area contributed by atoms with E-state index in [1.54, 1.807) is 5.82 Å². The van der Waals surface area contributed by atoms with E-state index in [1.165, 1.54) is 186 Å². The van der Waals surface area contributed by atoms with Crippen LogP contribution >= 0.6 is 0 Å². The van der Waals surface area contributed by atoms with Crippen LogP contribution < -0.4 is 4.57 Å². The van der Waals surface area contributed by atoms with Gasteiger partial charge in [-0.05, 0) is 32.1 Å². The zero-order valence-electron chi connectivity index (χ0n) is 26.1. The Morgan fingerprint density at radius 2 is 0.838 bits per heavy atom. The van der Waals surface area contributed by atoms with Crippen molar-refractivity contribution in [2.24, 2.45) is 0 Å². The van der Waals surface area contributed by atoms with Gasteiger partial charge in [0.05, 0.1) is 13.1 Å². The van der Waals surface area contributed by atoms with Crippen LogP contribution in [0.15, 0.2) is 12.4 Å². The van der Waals surface area contributed by atoms with Gasteiger partial charge in [0.15, 0.2) is 0 Å². The molecule has 37 heavy (non-hydrogen) atoms. The fraction of sp³-hybridized carbons (Fsp3) is 0.914. The Morgan fingerprint density at radius 1 is 0.459 bits per heavy atom. The third-order valence-corrected chi connectivity index (χ3v) is 8.35. The number of hydrogen-bond acceptors (Lipinski definition) is 0. The van der Waals surface area contributed by atoms with Gasteiger partial charge in [-0.25, -0.2) is 9.13 Å². The molecule has 0 aliphatic heterocycles. The molecular formula is C35H69N2+. The number of unbranched alkanes of at least 4 members (excludes halogenated alkanes) is 23. The summed E-state index contributed by atoms with van der Waals surface area (Å²) in [5.74, 6) is 1.61. The van der Waals surface area contributed by atoms with Gasteiger partial charge in [-0.2, -0.15) is 0 Å². The maximum Gasteiger partial charge on any atom is 0.256 e. The Morgan fingerprint density at radius 3 is 1.30 bits per heavy atom. The number of aromatic nitrogens is 2. The molecule has 0 aliphatic carbocycles. The Bertz CT molecular complexity index is 576. The molecule has 1 aromatic heterocycles. The summed E-state index contributed by atoms with van der Waals surface area (Å²) >= 11 is 0. The molecule has 0 N–H and O–H groups in total. The highest BCUT2D eigenvalue weighted by Gasteiger charge is 2.16. The zero-order valence-corrected chi connectivity index (χ0v) is 26.1. The van der Waals surface area contributed by atoms with Crippen LogP contribution in [0.25, 0.3) is 0 Å². The summed E-state index contributed by atoms with van der Waals surface area (Å²) in [6.07, 6.45) is 42.9. The number of aryl methyl sites for hydroxylation is 2. The Balaban J connectivity index is 2.33. The standard InChI is InChI=1S/C35H69N2/c1-4-7-10-13-16-18-20-23-26-29-32-37-34-33-36(31-28-25-22-19-17-14-11-8-5-2)35(37)30-27-24-21-15-12-9-6-3/h33-34H,4-32H2,1-3H3/q+1. The first kappa shape index (κ1) is 34.2. The van der Waals surface area contributed by atoms with Gasteiger partial charge in [0, 0.05) is 6.42 Å². The lowest BCUT2D eigenvalue weighted by Crippen LogP contribution is -2.37. The second-order valence-corrected chi connectivity index (χ2v) is 12.0. The van der Waals surface area contributed by atoms with Crippen LogP contribution in [-0.4, -0.2) is 4.57 Å². The molecular weight excluding hydrogens is 448 g/mol. The summed E-state index contributed by atoms with van der Waals surface area (Å²) in [6, 6.07) is 0. The van der Waals surface area contributed by atoms with E-state index in [4.69, 9.17) is 0 Å². The van der Waals surface area contributed by atoms with E-state index in [9.17, 15) is 0 Å². The smallest absolute Gasteiger partial charge is 0.234 e. The van der Waals surface area contributed by atoms with Crippen molar-refractivity contribution in [2.45, 2.75) is 207 Å². The van der Waals surface area contributed by atoms with Crippen molar-refractivity contribution >= 4 is 0 Å². The second kappa shape index (κ2) is 26.8. The number of rotatable bonds is 29. The van der Waals surface area contributed by atoms with Gasteiger partial charge in [-0.1, -0.05) is 156 Å². The van der Waals surface area contributed by atoms with Crippen molar-refractivity contribution in [3.05, 3.63) is 18.2 Å². The predicted octanol–water partition coefficient (Wildman–Crippen LogP) is 11.5.